The van der Waals surface area contributed by atoms with Gasteiger partial charge in [-0.15, -0.1) is 11.3 Å². The molecule has 2 amide bonds. The third kappa shape index (κ3) is 15.8. The van der Waals surface area contributed by atoms with Crippen LogP contribution in [0.15, 0.2) is 31.0 Å². The molecule has 2 aliphatic heterocycles. The Labute approximate surface area is 365 Å². The highest BCUT2D eigenvalue weighted by Gasteiger charge is 2.35. The van der Waals surface area contributed by atoms with Crippen molar-refractivity contribution < 1.29 is 37.0 Å². The number of aromatic nitrogens is 6. The van der Waals surface area contributed by atoms with Gasteiger partial charge in [-0.05, 0) is 45.2 Å². The largest absolute Gasteiger partial charge is 0.418 e. The lowest BCUT2D eigenvalue weighted by molar-refractivity contribution is -0.137. The van der Waals surface area contributed by atoms with Gasteiger partial charge in [0.05, 0.1) is 54.6 Å². The van der Waals surface area contributed by atoms with Crippen LogP contribution in [0.1, 0.15) is 97.1 Å². The number of aryl methyl sites for hydroxylation is 1. The molecule has 1 N–H and O–H groups in total. The molecule has 6 rings (SSSR count). The maximum absolute atomic E-state index is 13.8. The Balaban J connectivity index is 0.000000497. The number of anilines is 1. The van der Waals surface area contributed by atoms with Crippen molar-refractivity contribution in [3.05, 3.63) is 57.1 Å². The Bertz CT molecular complexity index is 1940. The minimum absolute atomic E-state index is 0.0685. The summed E-state index contributed by atoms with van der Waals surface area (Å²) in [5.41, 5.74) is -0.520. The predicted octanol–water partition coefficient (Wildman–Crippen LogP) is 7.03. The Hall–Kier alpha value is -3.85. The van der Waals surface area contributed by atoms with Crippen LogP contribution in [0.4, 0.5) is 19.0 Å². The molecule has 4 aromatic heterocycles. The molecule has 2 aliphatic rings. The highest BCUT2D eigenvalue weighted by atomic mass is 35.5. The van der Waals surface area contributed by atoms with E-state index in [0.717, 1.165) is 88.8 Å². The first kappa shape index (κ1) is 49.8. The normalized spacial score (nSPS) is 15.9. The van der Waals surface area contributed by atoms with E-state index in [0.29, 0.717) is 61.4 Å². The zero-order valence-corrected chi connectivity index (χ0v) is 37.6. The number of carbonyl (C=O) groups excluding carboxylic acids is 2. The van der Waals surface area contributed by atoms with Crippen molar-refractivity contribution in [1.29, 1.82) is 0 Å². The van der Waals surface area contributed by atoms with Gasteiger partial charge in [0.2, 0.25) is 0 Å². The monoisotopic (exact) mass is 896 g/mol. The van der Waals surface area contributed by atoms with Crippen LogP contribution in [0, 0.1) is 5.92 Å². The molecule has 0 bridgehead atoms. The first-order chi connectivity index (χ1) is 29.2. The molecule has 338 valence electrons. The molecule has 61 heavy (non-hydrogen) atoms. The molecule has 0 spiro atoms. The molecular weight excluding hydrogens is 837 g/mol. The van der Waals surface area contributed by atoms with E-state index in [9.17, 15) is 22.8 Å². The lowest BCUT2D eigenvalue weighted by Crippen LogP contribution is -2.43. The van der Waals surface area contributed by atoms with E-state index in [1.165, 1.54) is 17.4 Å². The minimum Gasteiger partial charge on any atom is -0.381 e. The van der Waals surface area contributed by atoms with Gasteiger partial charge < -0.3 is 24.4 Å². The minimum atomic E-state index is -4.74. The maximum atomic E-state index is 13.8. The molecule has 0 aromatic carbocycles. The summed E-state index contributed by atoms with van der Waals surface area (Å²) in [6.07, 6.45) is 4.82. The molecule has 20 heteroatoms. The van der Waals surface area contributed by atoms with Gasteiger partial charge >= 0.3 is 6.18 Å². The number of hydrogen-bond acceptors (Lipinski definition) is 13. The molecule has 6 heterocycles. The Kier molecular flexibility index (Phi) is 20.7. The fourth-order valence-corrected chi connectivity index (χ4v) is 7.09. The zero-order chi connectivity index (χ0) is 44.4. The SMILES string of the molecule is CCC(C)CCn1cc2c(C(=O)NC(C)c3ncc(C(=O)N(CCN4CCOCC4)c4cc(C(F)(F)F)c(Cl)cn4)s3)ncnc2n1.CCCOCCC.CN1CCOCC1. The van der Waals surface area contributed by atoms with E-state index in [-0.39, 0.29) is 22.9 Å². The number of amides is 2. The van der Waals surface area contributed by atoms with Crippen molar-refractivity contribution >= 4 is 51.6 Å². The third-order valence-electron chi connectivity index (χ3n) is 9.92. The summed E-state index contributed by atoms with van der Waals surface area (Å²) in [4.78, 5) is 49.6. The van der Waals surface area contributed by atoms with Crippen LogP contribution >= 0.6 is 22.9 Å². The quantitative estimate of drug-likeness (QED) is 0.115. The molecule has 2 saturated heterocycles. The van der Waals surface area contributed by atoms with Crippen LogP contribution in [-0.4, -0.2) is 137 Å². The van der Waals surface area contributed by atoms with E-state index >= 15 is 0 Å². The van der Waals surface area contributed by atoms with Crippen LogP contribution in [-0.2, 0) is 26.9 Å². The molecule has 0 saturated carbocycles. The zero-order valence-electron chi connectivity index (χ0n) is 36.0. The fourth-order valence-electron chi connectivity index (χ4n) is 6.01. The number of hydrogen-bond donors (Lipinski definition) is 1. The summed E-state index contributed by atoms with van der Waals surface area (Å²) in [7, 11) is 2.11. The molecule has 2 atom stereocenters. The number of carbonyl (C=O) groups is 2. The number of halogens is 4. The summed E-state index contributed by atoms with van der Waals surface area (Å²) in [6, 6.07) is 0.158. The van der Waals surface area contributed by atoms with Crippen molar-refractivity contribution in [3.8, 4) is 0 Å². The number of likely N-dealkylation sites (N-methyl/N-ethyl adjacent to an activating group) is 1. The van der Waals surface area contributed by atoms with E-state index in [4.69, 9.17) is 25.8 Å². The maximum Gasteiger partial charge on any atom is 0.418 e. The van der Waals surface area contributed by atoms with Crippen LogP contribution in [0.25, 0.3) is 11.0 Å². The van der Waals surface area contributed by atoms with E-state index < -0.39 is 34.6 Å². The molecule has 15 nitrogen and oxygen atoms in total. The number of thiazole rings is 1. The molecule has 0 aliphatic carbocycles. The average molecular weight is 898 g/mol. The van der Waals surface area contributed by atoms with Crippen molar-refractivity contribution in [2.75, 3.05) is 90.9 Å². The first-order valence-electron chi connectivity index (χ1n) is 20.9. The number of morpholine rings is 2. The van der Waals surface area contributed by atoms with Gasteiger partial charge in [0.25, 0.3) is 11.8 Å². The van der Waals surface area contributed by atoms with Crippen molar-refractivity contribution in [3.63, 3.8) is 0 Å². The number of nitrogens with zero attached hydrogens (tertiary/aromatic N) is 9. The molecule has 2 fully saturated rings. The highest BCUT2D eigenvalue weighted by Crippen LogP contribution is 2.36. The second-order valence-electron chi connectivity index (χ2n) is 14.9. The summed E-state index contributed by atoms with van der Waals surface area (Å²) in [5, 5.41) is 7.72. The Morgan fingerprint density at radius 2 is 1.64 bits per heavy atom. The molecule has 2 unspecified atom stereocenters. The van der Waals surface area contributed by atoms with E-state index in [1.54, 1.807) is 17.8 Å². The fraction of sp³-hybridized carbons (Fsp3) is 0.634. The highest BCUT2D eigenvalue weighted by molar-refractivity contribution is 7.13. The van der Waals surface area contributed by atoms with Crippen molar-refractivity contribution in [1.82, 2.24) is 44.8 Å². The standard InChI is InChI=1S/C30H35ClF3N9O3S.C6H14O.C5H11NO/c1-4-18(2)5-6-42-16-20-25(37-17-38-26(20)40-42)27(44)39-19(3)28-36-15-23(47-28)29(45)43(8-7-41-9-11-46-12-10-41)24-13-21(30(32,33)34)22(31)14-35-24;1-3-5-7-6-4-2;1-6-2-4-7-5-3-6/h13-19H,4-12H2,1-3H3,(H,39,44);3-6H2,1-2H3;2-5H2,1H3. The van der Waals surface area contributed by atoms with Gasteiger partial charge in [-0.25, -0.2) is 19.9 Å². The summed E-state index contributed by atoms with van der Waals surface area (Å²) in [5.74, 6) is -0.699. The van der Waals surface area contributed by atoms with E-state index in [1.807, 2.05) is 0 Å². The number of fused-ring (bicyclic) bond motifs is 1. The number of pyridine rings is 1. The smallest absolute Gasteiger partial charge is 0.381 e. The second kappa shape index (κ2) is 25.3. The molecule has 4 aromatic rings. The Morgan fingerprint density at radius 1 is 0.967 bits per heavy atom. The third-order valence-corrected chi connectivity index (χ3v) is 11.4. The lowest BCUT2D eigenvalue weighted by Gasteiger charge is -2.29. The Morgan fingerprint density at radius 3 is 2.25 bits per heavy atom. The number of alkyl halides is 3. The predicted molar refractivity (Wildman–Crippen MR) is 230 cm³/mol. The second-order valence-corrected chi connectivity index (χ2v) is 16.3. The van der Waals surface area contributed by atoms with Crippen LogP contribution in [0.3, 0.4) is 0 Å². The van der Waals surface area contributed by atoms with Crippen molar-refractivity contribution in [2.45, 2.75) is 79.1 Å². The van der Waals surface area contributed by atoms with Gasteiger partial charge in [-0.1, -0.05) is 45.7 Å². The van der Waals surface area contributed by atoms with E-state index in [2.05, 4.69) is 74.9 Å². The first-order valence-corrected chi connectivity index (χ1v) is 22.1. The van der Waals surface area contributed by atoms with Gasteiger partial charge in [0.15, 0.2) is 5.65 Å². The number of nitrogens with one attached hydrogen (secondary N) is 1. The van der Waals surface area contributed by atoms with Crippen molar-refractivity contribution in [2.24, 2.45) is 5.92 Å². The van der Waals surface area contributed by atoms with Gasteiger partial charge in [0, 0.05) is 71.4 Å². The van der Waals surface area contributed by atoms with Crippen LogP contribution in [0.5, 0.6) is 0 Å². The lowest BCUT2D eigenvalue weighted by atomic mass is 10.1. The number of rotatable bonds is 16. The topological polar surface area (TPSA) is 153 Å². The summed E-state index contributed by atoms with van der Waals surface area (Å²) in [6.45, 7) is 19.6. The van der Waals surface area contributed by atoms with Crippen LogP contribution < -0.4 is 10.2 Å². The number of ether oxygens (including phenoxy) is 3. The summed E-state index contributed by atoms with van der Waals surface area (Å²) < 4.78 is 58.4. The molecule has 0 radical (unpaired) electrons. The van der Waals surface area contributed by atoms with Gasteiger partial charge in [-0.2, -0.15) is 18.3 Å². The van der Waals surface area contributed by atoms with Gasteiger partial charge in [0.1, 0.15) is 27.7 Å². The van der Waals surface area contributed by atoms with Gasteiger partial charge in [-0.3, -0.25) is 24.1 Å². The van der Waals surface area contributed by atoms with Crippen LogP contribution in [0.2, 0.25) is 5.02 Å². The summed E-state index contributed by atoms with van der Waals surface area (Å²) >= 11 is 6.83. The molecular formula is C41H60ClF3N10O5S. The average Bonchev–Trinajstić information content (AvgIpc) is 3.92.